The number of hydrogen-bond acceptors (Lipinski definition) is 3. The Balaban J connectivity index is 2.60. The van der Waals surface area contributed by atoms with Crippen LogP contribution in [0.2, 0.25) is 0 Å². The van der Waals surface area contributed by atoms with Crippen LogP contribution in [0.1, 0.15) is 12.0 Å². The summed E-state index contributed by atoms with van der Waals surface area (Å²) < 4.78 is 0. The van der Waals surface area contributed by atoms with Crippen LogP contribution in [-0.4, -0.2) is 48.5 Å². The molecule has 0 fully saturated rings. The number of carbonyl (C=O) groups excluding carboxylic acids is 1. The van der Waals surface area contributed by atoms with E-state index in [0.29, 0.717) is 19.4 Å². The zero-order chi connectivity index (χ0) is 14.3. The average Bonchev–Trinajstić information content (AvgIpc) is 2.42. The lowest BCUT2D eigenvalue weighted by Crippen LogP contribution is -2.23. The molecule has 1 amide bonds. The molecule has 0 spiro atoms. The quantitative estimate of drug-likeness (QED) is 0.750. The number of nitrogens with zero attached hydrogens (tertiary/aromatic N) is 1. The van der Waals surface area contributed by atoms with E-state index >= 15 is 0 Å². The van der Waals surface area contributed by atoms with Gasteiger partial charge in [0, 0.05) is 32.7 Å². The highest BCUT2D eigenvalue weighted by atomic mass is 35.5. The predicted molar refractivity (Wildman–Crippen MR) is 78.7 cm³/mol. The molecule has 0 aromatic heterocycles. The monoisotopic (exact) mass is 284 g/mol. The summed E-state index contributed by atoms with van der Waals surface area (Å²) in [5.41, 5.74) is 2.01. The number of rotatable bonds is 7. The minimum absolute atomic E-state index is 0.107. The molecule has 1 rings (SSSR count). The Morgan fingerprint density at radius 3 is 2.74 bits per heavy atom. The molecule has 0 bridgehead atoms. The molecule has 1 aromatic rings. The highest BCUT2D eigenvalue weighted by Crippen LogP contribution is 2.17. The molecule has 0 aliphatic rings. The van der Waals surface area contributed by atoms with Crippen LogP contribution in [0.3, 0.4) is 0 Å². The van der Waals surface area contributed by atoms with Gasteiger partial charge in [0.1, 0.15) is 0 Å². The number of aliphatic hydroxyl groups excluding tert-OH is 1. The molecule has 19 heavy (non-hydrogen) atoms. The second-order valence-electron chi connectivity index (χ2n) is 4.63. The third kappa shape index (κ3) is 5.49. The molecule has 4 nitrogen and oxygen atoms in total. The summed E-state index contributed by atoms with van der Waals surface area (Å²) in [4.78, 5) is 13.2. The maximum atomic E-state index is 11.6. The number of amides is 1. The van der Waals surface area contributed by atoms with Crippen molar-refractivity contribution in [3.8, 4) is 0 Å². The van der Waals surface area contributed by atoms with Gasteiger partial charge in [0.15, 0.2) is 0 Å². The summed E-state index contributed by atoms with van der Waals surface area (Å²) in [6, 6.07) is 7.79. The topological polar surface area (TPSA) is 52.6 Å². The van der Waals surface area contributed by atoms with E-state index in [9.17, 15) is 9.90 Å². The molecule has 0 saturated heterocycles. The van der Waals surface area contributed by atoms with Crippen LogP contribution in [0.5, 0.6) is 0 Å². The predicted octanol–water partition coefficient (Wildman–Crippen LogP) is 1.72. The van der Waals surface area contributed by atoms with E-state index in [0.717, 1.165) is 11.3 Å². The van der Waals surface area contributed by atoms with Crippen molar-refractivity contribution in [2.45, 2.75) is 18.9 Å². The maximum Gasteiger partial charge on any atom is 0.222 e. The standard InChI is InChI=1S/C14H21ClN2O2/c1-17(2)14(19)8-7-11-5-3-4-6-13(11)16-10-12(18)9-15/h3-6,12,16,18H,7-10H2,1-2H3. The molecule has 0 aliphatic carbocycles. The van der Waals surface area contributed by atoms with Gasteiger partial charge in [0.2, 0.25) is 5.91 Å². The van der Waals surface area contributed by atoms with Gasteiger partial charge in [-0.05, 0) is 18.1 Å². The number of benzene rings is 1. The Bertz CT molecular complexity index is 410. The fraction of sp³-hybridized carbons (Fsp3) is 0.500. The molecular weight excluding hydrogens is 264 g/mol. The van der Waals surface area contributed by atoms with Gasteiger partial charge in [-0.15, -0.1) is 11.6 Å². The van der Waals surface area contributed by atoms with E-state index in [2.05, 4.69) is 5.32 Å². The number of para-hydroxylation sites is 1. The van der Waals surface area contributed by atoms with Crippen molar-refractivity contribution in [1.29, 1.82) is 0 Å². The van der Waals surface area contributed by atoms with Crippen molar-refractivity contribution >= 4 is 23.2 Å². The number of carbonyl (C=O) groups is 1. The van der Waals surface area contributed by atoms with Crippen molar-refractivity contribution in [2.75, 3.05) is 31.8 Å². The first-order valence-corrected chi connectivity index (χ1v) is 6.84. The molecule has 0 radical (unpaired) electrons. The number of aliphatic hydroxyl groups is 1. The second kappa shape index (κ2) is 8.02. The number of alkyl halides is 1. The van der Waals surface area contributed by atoms with E-state index in [1.807, 2.05) is 24.3 Å². The fourth-order valence-electron chi connectivity index (χ4n) is 1.66. The van der Waals surface area contributed by atoms with E-state index in [4.69, 9.17) is 11.6 Å². The van der Waals surface area contributed by atoms with Gasteiger partial charge in [-0.1, -0.05) is 18.2 Å². The minimum Gasteiger partial charge on any atom is -0.390 e. The van der Waals surface area contributed by atoms with Gasteiger partial charge in [-0.2, -0.15) is 0 Å². The van der Waals surface area contributed by atoms with Gasteiger partial charge in [0.05, 0.1) is 12.0 Å². The first-order chi connectivity index (χ1) is 9.04. The molecule has 1 unspecified atom stereocenters. The van der Waals surface area contributed by atoms with Crippen LogP contribution in [-0.2, 0) is 11.2 Å². The average molecular weight is 285 g/mol. The van der Waals surface area contributed by atoms with Gasteiger partial charge >= 0.3 is 0 Å². The molecule has 106 valence electrons. The Morgan fingerprint density at radius 2 is 2.11 bits per heavy atom. The van der Waals surface area contributed by atoms with Crippen LogP contribution >= 0.6 is 11.6 Å². The van der Waals surface area contributed by atoms with Crippen molar-refractivity contribution in [2.24, 2.45) is 0 Å². The zero-order valence-corrected chi connectivity index (χ0v) is 12.2. The SMILES string of the molecule is CN(C)C(=O)CCc1ccccc1NCC(O)CCl. The molecule has 0 heterocycles. The highest BCUT2D eigenvalue weighted by Gasteiger charge is 2.08. The lowest BCUT2D eigenvalue weighted by atomic mass is 10.1. The Morgan fingerprint density at radius 1 is 1.42 bits per heavy atom. The minimum atomic E-state index is -0.571. The van der Waals surface area contributed by atoms with Crippen LogP contribution in [0.15, 0.2) is 24.3 Å². The Labute approximate surface area is 119 Å². The van der Waals surface area contributed by atoms with Crippen molar-refractivity contribution in [3.63, 3.8) is 0 Å². The summed E-state index contributed by atoms with van der Waals surface area (Å²) in [7, 11) is 3.51. The smallest absolute Gasteiger partial charge is 0.222 e. The Kier molecular flexibility index (Phi) is 6.67. The van der Waals surface area contributed by atoms with Gasteiger partial charge in [-0.25, -0.2) is 0 Å². The largest absolute Gasteiger partial charge is 0.390 e. The maximum absolute atomic E-state index is 11.6. The molecule has 1 aromatic carbocycles. The highest BCUT2D eigenvalue weighted by molar-refractivity contribution is 6.18. The van der Waals surface area contributed by atoms with E-state index < -0.39 is 6.10 Å². The van der Waals surface area contributed by atoms with Crippen LogP contribution in [0.25, 0.3) is 0 Å². The zero-order valence-electron chi connectivity index (χ0n) is 11.4. The van der Waals surface area contributed by atoms with Crippen molar-refractivity contribution < 1.29 is 9.90 Å². The van der Waals surface area contributed by atoms with Crippen molar-refractivity contribution in [3.05, 3.63) is 29.8 Å². The molecule has 0 saturated carbocycles. The number of aryl methyl sites for hydroxylation is 1. The van der Waals surface area contributed by atoms with E-state index in [-0.39, 0.29) is 11.8 Å². The fourth-order valence-corrected chi connectivity index (χ4v) is 1.77. The first kappa shape index (κ1) is 15.8. The van der Waals surface area contributed by atoms with Crippen LogP contribution < -0.4 is 5.32 Å². The second-order valence-corrected chi connectivity index (χ2v) is 4.94. The molecule has 0 aliphatic heterocycles. The summed E-state index contributed by atoms with van der Waals surface area (Å²) >= 11 is 5.56. The summed E-state index contributed by atoms with van der Waals surface area (Å²) in [6.07, 6.45) is 0.583. The number of hydrogen-bond donors (Lipinski definition) is 2. The molecule has 2 N–H and O–H groups in total. The van der Waals surface area contributed by atoms with Gasteiger partial charge in [-0.3, -0.25) is 4.79 Å². The van der Waals surface area contributed by atoms with E-state index in [1.54, 1.807) is 19.0 Å². The number of anilines is 1. The van der Waals surface area contributed by atoms with E-state index in [1.165, 1.54) is 0 Å². The summed E-state index contributed by atoms with van der Waals surface area (Å²) in [5.74, 6) is 0.310. The normalized spacial score (nSPS) is 12.0. The number of halogens is 1. The summed E-state index contributed by atoms with van der Waals surface area (Å²) in [6.45, 7) is 0.405. The summed E-state index contributed by atoms with van der Waals surface area (Å²) in [5, 5.41) is 12.6. The van der Waals surface area contributed by atoms with Crippen molar-refractivity contribution in [1.82, 2.24) is 4.90 Å². The number of nitrogens with one attached hydrogen (secondary N) is 1. The lowest BCUT2D eigenvalue weighted by Gasteiger charge is -2.15. The third-order valence-electron chi connectivity index (χ3n) is 2.83. The van der Waals surface area contributed by atoms with Gasteiger partial charge < -0.3 is 15.3 Å². The van der Waals surface area contributed by atoms with Gasteiger partial charge in [0.25, 0.3) is 0 Å². The molecular formula is C14H21ClN2O2. The Hall–Kier alpha value is -1.26. The molecule has 5 heteroatoms. The first-order valence-electron chi connectivity index (χ1n) is 6.30. The lowest BCUT2D eigenvalue weighted by molar-refractivity contribution is -0.128. The van der Waals surface area contributed by atoms with Crippen LogP contribution in [0, 0.1) is 0 Å². The molecule has 1 atom stereocenters. The third-order valence-corrected chi connectivity index (χ3v) is 3.19. The van der Waals surface area contributed by atoms with Crippen LogP contribution in [0.4, 0.5) is 5.69 Å².